The van der Waals surface area contributed by atoms with E-state index in [0.29, 0.717) is 44.3 Å². The Balaban J connectivity index is 0.00000208. The van der Waals surface area contributed by atoms with Gasteiger partial charge in [0.25, 0.3) is 5.91 Å². The minimum absolute atomic E-state index is 0. The number of piperazine rings is 1. The molecule has 3 rings (SSSR count). The van der Waals surface area contributed by atoms with E-state index < -0.39 is 0 Å². The number of methoxy groups -OCH3 is 1. The van der Waals surface area contributed by atoms with Gasteiger partial charge in [-0.2, -0.15) is 0 Å². The van der Waals surface area contributed by atoms with Gasteiger partial charge in [-0.3, -0.25) is 9.59 Å². The third-order valence-electron chi connectivity index (χ3n) is 4.41. The molecule has 2 aliphatic heterocycles. The molecule has 1 aromatic heterocycles. The van der Waals surface area contributed by atoms with E-state index in [4.69, 9.17) is 9.15 Å². The number of likely N-dealkylation sites (tertiary alicyclic amines) is 1. The summed E-state index contributed by atoms with van der Waals surface area (Å²) in [6.45, 7) is 3.55. The van der Waals surface area contributed by atoms with Crippen LogP contribution in [0, 0.1) is 0 Å². The first kappa shape index (κ1) is 18.8. The number of amides is 2. The fourth-order valence-electron chi connectivity index (χ4n) is 3.27. The number of nitrogens with zero attached hydrogens (tertiary/aromatic N) is 2. The van der Waals surface area contributed by atoms with Crippen molar-refractivity contribution in [1.82, 2.24) is 15.1 Å². The first-order valence-electron chi connectivity index (χ1n) is 8.06. The summed E-state index contributed by atoms with van der Waals surface area (Å²) in [6.07, 6.45) is 1.85. The highest BCUT2D eigenvalue weighted by molar-refractivity contribution is 5.91. The van der Waals surface area contributed by atoms with Crippen LogP contribution in [-0.2, 0) is 16.1 Å². The van der Waals surface area contributed by atoms with E-state index >= 15 is 0 Å². The molecule has 2 saturated heterocycles. The lowest BCUT2D eigenvalue weighted by Gasteiger charge is -2.40. The van der Waals surface area contributed by atoms with E-state index in [1.165, 1.54) is 0 Å². The Morgan fingerprint density at radius 2 is 2.25 bits per heavy atom. The molecule has 1 N–H and O–H groups in total. The fraction of sp³-hybridized carbons (Fsp3) is 0.625. The minimum atomic E-state index is -0.111. The third kappa shape index (κ3) is 4.09. The molecule has 0 aromatic carbocycles. The number of piperidine rings is 1. The average molecular weight is 358 g/mol. The van der Waals surface area contributed by atoms with Gasteiger partial charge in [-0.1, -0.05) is 0 Å². The summed E-state index contributed by atoms with van der Waals surface area (Å²) in [5.41, 5.74) is 0. The van der Waals surface area contributed by atoms with E-state index in [2.05, 4.69) is 5.32 Å². The van der Waals surface area contributed by atoms with Crippen molar-refractivity contribution >= 4 is 24.2 Å². The molecule has 3 heterocycles. The highest BCUT2D eigenvalue weighted by Gasteiger charge is 2.32. The minimum Gasteiger partial charge on any atom is -0.453 e. The summed E-state index contributed by atoms with van der Waals surface area (Å²) in [5.74, 6) is 0.988. The first-order valence-corrected chi connectivity index (χ1v) is 8.06. The van der Waals surface area contributed by atoms with E-state index in [9.17, 15) is 9.59 Å². The predicted molar refractivity (Wildman–Crippen MR) is 90.2 cm³/mol. The molecule has 2 aliphatic rings. The topological polar surface area (TPSA) is 75.0 Å². The zero-order chi connectivity index (χ0) is 16.2. The van der Waals surface area contributed by atoms with Crippen LogP contribution in [0.25, 0.3) is 0 Å². The zero-order valence-corrected chi connectivity index (χ0v) is 14.6. The second kappa shape index (κ2) is 8.50. The Kier molecular flexibility index (Phi) is 6.65. The van der Waals surface area contributed by atoms with Crippen molar-refractivity contribution in [2.45, 2.75) is 25.5 Å². The molecule has 0 bridgehead atoms. The number of furan rings is 1. The van der Waals surface area contributed by atoms with Crippen molar-refractivity contribution in [1.29, 1.82) is 0 Å². The van der Waals surface area contributed by atoms with Crippen LogP contribution in [0.1, 0.15) is 29.2 Å². The van der Waals surface area contributed by atoms with Gasteiger partial charge in [0, 0.05) is 39.3 Å². The Hall–Kier alpha value is -1.57. The average Bonchev–Trinajstić information content (AvgIpc) is 3.04. The Morgan fingerprint density at radius 1 is 1.42 bits per heavy atom. The maximum atomic E-state index is 12.6. The number of carbonyl (C=O) groups excluding carboxylic acids is 2. The van der Waals surface area contributed by atoms with Gasteiger partial charge in [0.05, 0.1) is 6.54 Å². The summed E-state index contributed by atoms with van der Waals surface area (Å²) in [5, 5.41) is 3.08. The smallest absolute Gasteiger partial charge is 0.289 e. The molecule has 134 valence electrons. The molecule has 2 fully saturated rings. The van der Waals surface area contributed by atoms with Gasteiger partial charge in [-0.15, -0.1) is 12.4 Å². The standard InChI is InChI=1S/C16H23N3O4.ClH/c1-22-11-13-4-5-14(23-13)16(21)18-7-2-3-12(10-18)19-8-6-17-9-15(19)20;/h4-5,12,17H,2-3,6-11H2,1H3;1H. The van der Waals surface area contributed by atoms with Gasteiger partial charge >= 0.3 is 0 Å². The highest BCUT2D eigenvalue weighted by Crippen LogP contribution is 2.20. The molecule has 0 spiro atoms. The molecule has 1 aromatic rings. The van der Waals surface area contributed by atoms with Crippen LogP contribution in [0.2, 0.25) is 0 Å². The lowest BCUT2D eigenvalue weighted by Crippen LogP contribution is -2.57. The normalized spacial score (nSPS) is 21.5. The van der Waals surface area contributed by atoms with Crippen molar-refractivity contribution in [3.63, 3.8) is 0 Å². The molecule has 0 aliphatic carbocycles. The number of nitrogens with one attached hydrogen (secondary N) is 1. The second-order valence-corrected chi connectivity index (χ2v) is 6.01. The summed E-state index contributed by atoms with van der Waals surface area (Å²) in [6, 6.07) is 3.56. The van der Waals surface area contributed by atoms with Gasteiger partial charge < -0.3 is 24.3 Å². The molecular weight excluding hydrogens is 334 g/mol. The van der Waals surface area contributed by atoms with E-state index in [1.54, 1.807) is 24.1 Å². The van der Waals surface area contributed by atoms with Crippen molar-refractivity contribution < 1.29 is 18.7 Å². The van der Waals surface area contributed by atoms with Gasteiger partial charge in [0.1, 0.15) is 12.4 Å². The number of hydrogen-bond acceptors (Lipinski definition) is 5. The number of carbonyl (C=O) groups is 2. The molecule has 8 heteroatoms. The lowest BCUT2D eigenvalue weighted by molar-refractivity contribution is -0.135. The summed E-state index contributed by atoms with van der Waals surface area (Å²) < 4.78 is 10.5. The van der Waals surface area contributed by atoms with Gasteiger partial charge in [0.2, 0.25) is 5.91 Å². The molecule has 1 unspecified atom stereocenters. The number of halogens is 1. The second-order valence-electron chi connectivity index (χ2n) is 6.01. The van der Waals surface area contributed by atoms with Crippen LogP contribution in [0.5, 0.6) is 0 Å². The van der Waals surface area contributed by atoms with Crippen LogP contribution >= 0.6 is 12.4 Å². The van der Waals surface area contributed by atoms with Crippen LogP contribution in [0.3, 0.4) is 0 Å². The highest BCUT2D eigenvalue weighted by atomic mass is 35.5. The van der Waals surface area contributed by atoms with E-state index in [0.717, 1.165) is 19.4 Å². The largest absolute Gasteiger partial charge is 0.453 e. The van der Waals surface area contributed by atoms with Gasteiger partial charge in [-0.25, -0.2) is 0 Å². The van der Waals surface area contributed by atoms with Crippen molar-refractivity contribution in [2.24, 2.45) is 0 Å². The molecule has 24 heavy (non-hydrogen) atoms. The van der Waals surface area contributed by atoms with Crippen LogP contribution in [-0.4, -0.2) is 67.5 Å². The molecule has 2 amide bonds. The van der Waals surface area contributed by atoms with Crippen LogP contribution in [0.4, 0.5) is 0 Å². The van der Waals surface area contributed by atoms with Crippen LogP contribution in [0.15, 0.2) is 16.5 Å². The van der Waals surface area contributed by atoms with Crippen molar-refractivity contribution in [3.8, 4) is 0 Å². The maximum Gasteiger partial charge on any atom is 0.289 e. The van der Waals surface area contributed by atoms with Crippen molar-refractivity contribution in [3.05, 3.63) is 23.7 Å². The number of hydrogen-bond donors (Lipinski definition) is 1. The lowest BCUT2D eigenvalue weighted by atomic mass is 10.0. The SMILES string of the molecule is COCc1ccc(C(=O)N2CCCC(N3CCNCC3=O)C2)o1.Cl. The summed E-state index contributed by atoms with van der Waals surface area (Å²) in [4.78, 5) is 28.3. The number of rotatable bonds is 4. The van der Waals surface area contributed by atoms with Gasteiger partial charge in [0.15, 0.2) is 5.76 Å². The monoisotopic (exact) mass is 357 g/mol. The predicted octanol–water partition coefficient (Wildman–Crippen LogP) is 0.884. The zero-order valence-electron chi connectivity index (χ0n) is 13.8. The number of ether oxygens (including phenoxy) is 1. The van der Waals surface area contributed by atoms with E-state index in [1.807, 2.05) is 4.90 Å². The molecule has 1 atom stereocenters. The Morgan fingerprint density at radius 3 is 3.00 bits per heavy atom. The first-order chi connectivity index (χ1) is 11.2. The molecule has 0 saturated carbocycles. The third-order valence-corrected chi connectivity index (χ3v) is 4.41. The Bertz CT molecular complexity index is 577. The maximum absolute atomic E-state index is 12.6. The van der Waals surface area contributed by atoms with E-state index in [-0.39, 0.29) is 30.3 Å². The molecule has 0 radical (unpaired) electrons. The quantitative estimate of drug-likeness (QED) is 0.866. The molecular formula is C16H24ClN3O4. The van der Waals surface area contributed by atoms with Gasteiger partial charge in [-0.05, 0) is 25.0 Å². The van der Waals surface area contributed by atoms with Crippen molar-refractivity contribution in [2.75, 3.05) is 39.8 Å². The Labute approximate surface area is 147 Å². The molecule has 7 nitrogen and oxygen atoms in total. The fourth-order valence-corrected chi connectivity index (χ4v) is 3.27. The summed E-state index contributed by atoms with van der Waals surface area (Å²) in [7, 11) is 1.59. The van der Waals surface area contributed by atoms with Crippen LogP contribution < -0.4 is 5.32 Å². The summed E-state index contributed by atoms with van der Waals surface area (Å²) >= 11 is 0.